The predicted octanol–water partition coefficient (Wildman–Crippen LogP) is 6.09. The Bertz CT molecular complexity index is 1810. The van der Waals surface area contributed by atoms with E-state index in [1.807, 2.05) is 6.92 Å². The van der Waals surface area contributed by atoms with Crippen molar-refractivity contribution in [1.82, 2.24) is 10.0 Å². The van der Waals surface area contributed by atoms with Crippen LogP contribution in [0.4, 0.5) is 0 Å². The molecule has 0 spiro atoms. The van der Waals surface area contributed by atoms with Gasteiger partial charge in [0.1, 0.15) is 17.2 Å². The van der Waals surface area contributed by atoms with E-state index in [-0.39, 0.29) is 53.3 Å². The first-order valence-electron chi connectivity index (χ1n) is 13.9. The molecule has 9 nitrogen and oxygen atoms in total. The summed E-state index contributed by atoms with van der Waals surface area (Å²) in [4.78, 5) is 55.1. The molecule has 3 aliphatic rings. The van der Waals surface area contributed by atoms with Crippen LogP contribution < -0.4 is 4.18 Å². The molecule has 0 radical (unpaired) electrons. The van der Waals surface area contributed by atoms with Gasteiger partial charge >= 0.3 is 10.1 Å². The van der Waals surface area contributed by atoms with Crippen LogP contribution in [0.1, 0.15) is 32.7 Å². The van der Waals surface area contributed by atoms with Gasteiger partial charge in [0.15, 0.2) is 5.78 Å². The molecule has 234 valence electrons. The van der Waals surface area contributed by atoms with E-state index in [9.17, 15) is 27.6 Å². The van der Waals surface area contributed by atoms with Gasteiger partial charge in [0, 0.05) is 20.2 Å². The summed E-state index contributed by atoms with van der Waals surface area (Å²) < 4.78 is 30.6. The van der Waals surface area contributed by atoms with Crippen molar-refractivity contribution in [2.45, 2.75) is 27.9 Å². The number of hydrogen-bond donors (Lipinski definition) is 0. The van der Waals surface area contributed by atoms with E-state index in [1.165, 1.54) is 54.6 Å². The molecule has 3 aromatic rings. The van der Waals surface area contributed by atoms with Gasteiger partial charge in [0.2, 0.25) is 0 Å². The zero-order valence-electron chi connectivity index (χ0n) is 23.4. The zero-order valence-corrected chi connectivity index (χ0v) is 28.9. The fourth-order valence-electron chi connectivity index (χ4n) is 6.41. The topological polar surface area (TPSA) is 118 Å². The molecule has 1 aliphatic heterocycles. The highest BCUT2D eigenvalue weighted by Gasteiger charge is 2.67. The zero-order chi connectivity index (χ0) is 32.4. The highest BCUT2D eigenvalue weighted by atomic mass is 79.9. The molecule has 1 heterocycles. The summed E-state index contributed by atoms with van der Waals surface area (Å²) >= 11 is 19.7. The molecule has 1 saturated heterocycles. The second-order valence-electron chi connectivity index (χ2n) is 11.3. The van der Waals surface area contributed by atoms with Gasteiger partial charge in [-0.05, 0) is 79.8 Å². The normalized spacial score (nSPS) is 25.4. The van der Waals surface area contributed by atoms with Gasteiger partial charge in [0.05, 0.1) is 22.4 Å². The molecular weight excluding hydrogens is 775 g/mol. The van der Waals surface area contributed by atoms with Crippen molar-refractivity contribution in [3.05, 3.63) is 93.5 Å². The van der Waals surface area contributed by atoms with Gasteiger partial charge in [0.25, 0.3) is 17.7 Å². The number of hydrazine groups is 1. The van der Waals surface area contributed by atoms with Crippen LogP contribution in [0.3, 0.4) is 0 Å². The SMILES string of the molecule is Cc1ccc(S(=O)(=O)Oc2ccc(C(=O)CN(C(=O)c3ccc(Cl)cc3Cl)N3C(=O)[C@@H]4[C@H]5C[C@@H]([C@H](Br)[C@H]5Br)[C@H]4C3=O)cc2)cc1. The molecule has 2 aliphatic carbocycles. The standard InChI is InChI=1S/C31H24Br2Cl2N2O7S/c1-15-2-9-19(10-3-15)45(42,43)44-18-7-4-16(5-8-18)24(38)14-36(29(39)20-11-6-17(34)12-23(20)35)37-30(40)25-21-13-22(26(25)31(37)41)28(33)27(21)32/h2-12,21-22,25-28H,13-14H2,1H3/t21-,22-,25-,26-,27+,28+/m1/s1. The van der Waals surface area contributed by atoms with Crippen LogP contribution in [0, 0.1) is 30.6 Å². The number of nitrogens with zero attached hydrogens (tertiary/aromatic N) is 2. The van der Waals surface area contributed by atoms with E-state index in [2.05, 4.69) is 31.9 Å². The lowest BCUT2D eigenvalue weighted by Crippen LogP contribution is -2.52. The number of alkyl halides is 2. The number of halogens is 4. The monoisotopic (exact) mass is 796 g/mol. The first kappa shape index (κ1) is 32.2. The third-order valence-electron chi connectivity index (χ3n) is 8.59. The maximum Gasteiger partial charge on any atom is 0.339 e. The first-order chi connectivity index (χ1) is 21.3. The van der Waals surface area contributed by atoms with Gasteiger partial charge in [-0.2, -0.15) is 13.4 Å². The second kappa shape index (κ2) is 12.1. The number of imide groups is 1. The third-order valence-corrected chi connectivity index (χ3v) is 13.6. The molecule has 3 amide bonds. The predicted molar refractivity (Wildman–Crippen MR) is 173 cm³/mol. The van der Waals surface area contributed by atoms with E-state index >= 15 is 0 Å². The number of aryl methyl sites for hydroxylation is 1. The largest absolute Gasteiger partial charge is 0.379 e. The fourth-order valence-corrected chi connectivity index (χ4v) is 9.70. The Balaban J connectivity index is 1.27. The number of carbonyl (C=O) groups is 4. The Labute approximate surface area is 286 Å². The summed E-state index contributed by atoms with van der Waals surface area (Å²) in [5.41, 5.74) is 0.932. The van der Waals surface area contributed by atoms with Gasteiger partial charge < -0.3 is 4.18 Å². The number of hydrogen-bond acceptors (Lipinski definition) is 7. The van der Waals surface area contributed by atoms with E-state index < -0.39 is 52.0 Å². The molecule has 6 atom stereocenters. The minimum atomic E-state index is -4.12. The molecule has 0 aromatic heterocycles. The minimum absolute atomic E-state index is 0.0124. The van der Waals surface area contributed by atoms with Crippen molar-refractivity contribution in [2.24, 2.45) is 23.7 Å². The number of rotatable bonds is 8. The summed E-state index contributed by atoms with van der Waals surface area (Å²) in [5, 5.41) is 1.91. The van der Waals surface area contributed by atoms with Crippen LogP contribution in [0.15, 0.2) is 71.6 Å². The summed E-state index contributed by atoms with van der Waals surface area (Å²) in [6, 6.07) is 15.6. The molecule has 45 heavy (non-hydrogen) atoms. The maximum atomic E-state index is 13.9. The summed E-state index contributed by atoms with van der Waals surface area (Å²) in [6.07, 6.45) is 0.691. The molecule has 6 rings (SSSR count). The Morgan fingerprint density at radius 3 is 2.04 bits per heavy atom. The van der Waals surface area contributed by atoms with E-state index in [1.54, 1.807) is 12.1 Å². The number of amides is 3. The highest BCUT2D eigenvalue weighted by Crippen LogP contribution is 2.60. The number of Topliss-reactive ketones (excluding diaryl/α,β-unsaturated/α-hetero) is 1. The quantitative estimate of drug-likeness (QED) is 0.117. The van der Waals surface area contributed by atoms with Crippen LogP contribution in [-0.2, 0) is 19.7 Å². The number of ketones is 1. The van der Waals surface area contributed by atoms with Crippen molar-refractivity contribution in [3.63, 3.8) is 0 Å². The highest BCUT2D eigenvalue weighted by molar-refractivity contribution is 9.12. The Kier molecular flexibility index (Phi) is 8.66. The van der Waals surface area contributed by atoms with E-state index in [0.29, 0.717) is 6.42 Å². The maximum absolute atomic E-state index is 13.9. The molecule has 2 saturated carbocycles. The van der Waals surface area contributed by atoms with Gasteiger partial charge in [-0.25, -0.2) is 5.01 Å². The van der Waals surface area contributed by atoms with Crippen LogP contribution >= 0.6 is 55.1 Å². The van der Waals surface area contributed by atoms with Crippen LogP contribution in [0.2, 0.25) is 10.0 Å². The molecule has 3 aromatic carbocycles. The Morgan fingerprint density at radius 1 is 0.911 bits per heavy atom. The van der Waals surface area contributed by atoms with Crippen molar-refractivity contribution >= 4 is 88.7 Å². The molecule has 2 bridgehead atoms. The van der Waals surface area contributed by atoms with Crippen molar-refractivity contribution < 1.29 is 31.8 Å². The van der Waals surface area contributed by atoms with Gasteiger partial charge in [-0.3, -0.25) is 19.2 Å². The summed E-state index contributed by atoms with van der Waals surface area (Å²) in [5.74, 6) is -4.03. The number of fused-ring (bicyclic) bond motifs is 5. The van der Waals surface area contributed by atoms with Gasteiger partial charge in [-0.1, -0.05) is 72.8 Å². The molecule has 0 unspecified atom stereocenters. The molecule has 3 fully saturated rings. The van der Waals surface area contributed by atoms with Crippen LogP contribution in [0.25, 0.3) is 0 Å². The molecule has 14 heteroatoms. The lowest BCUT2D eigenvalue weighted by atomic mass is 9.81. The number of carbonyl (C=O) groups excluding carboxylic acids is 4. The molecular formula is C31H24Br2Cl2N2O7S. The second-order valence-corrected chi connectivity index (χ2v) is 15.8. The minimum Gasteiger partial charge on any atom is -0.379 e. The Hall–Kier alpha value is -2.77. The van der Waals surface area contributed by atoms with E-state index in [0.717, 1.165) is 15.6 Å². The van der Waals surface area contributed by atoms with Crippen molar-refractivity contribution in [1.29, 1.82) is 0 Å². The first-order valence-corrected chi connectivity index (χ1v) is 17.8. The summed E-state index contributed by atoms with van der Waals surface area (Å²) in [6.45, 7) is 1.16. The van der Waals surface area contributed by atoms with Crippen LogP contribution in [0.5, 0.6) is 5.75 Å². The third kappa shape index (κ3) is 5.73. The van der Waals surface area contributed by atoms with E-state index in [4.69, 9.17) is 27.4 Å². The average Bonchev–Trinajstić information content (AvgIpc) is 3.61. The van der Waals surface area contributed by atoms with Crippen molar-refractivity contribution in [3.8, 4) is 5.75 Å². The molecule has 0 N–H and O–H groups in total. The Morgan fingerprint density at radius 2 is 1.49 bits per heavy atom. The lowest BCUT2D eigenvalue weighted by molar-refractivity contribution is -0.154. The fraction of sp³-hybridized carbons (Fsp3) is 0.290. The van der Waals surface area contributed by atoms with Crippen LogP contribution in [-0.4, -0.2) is 58.1 Å². The lowest BCUT2D eigenvalue weighted by Gasteiger charge is -2.31. The number of benzene rings is 3. The summed E-state index contributed by atoms with van der Waals surface area (Å²) in [7, 11) is -4.12. The van der Waals surface area contributed by atoms with Gasteiger partial charge in [-0.15, -0.1) is 0 Å². The van der Waals surface area contributed by atoms with Crippen molar-refractivity contribution in [2.75, 3.05) is 6.54 Å². The average molecular weight is 799 g/mol. The smallest absolute Gasteiger partial charge is 0.339 e.